The third-order valence-electron chi connectivity index (χ3n) is 3.06. The third-order valence-corrected chi connectivity index (χ3v) is 3.37. The maximum atomic E-state index is 5.40. The van der Waals surface area contributed by atoms with Crippen LogP contribution in [0.3, 0.4) is 0 Å². The molecular weight excluding hydrogens is 196 g/mol. The number of hydrogen-bond donors (Lipinski definition) is 1. The van der Waals surface area contributed by atoms with Gasteiger partial charge in [-0.2, -0.15) is 0 Å². The number of imidazole rings is 1. The molecule has 1 N–H and O–H groups in total. The van der Waals surface area contributed by atoms with Crippen LogP contribution in [-0.4, -0.2) is 22.8 Å². The fourth-order valence-corrected chi connectivity index (χ4v) is 2.48. The molecule has 2 unspecified atom stereocenters. The van der Waals surface area contributed by atoms with Gasteiger partial charge < -0.3 is 14.3 Å². The number of aryl methyl sites for hydroxylation is 1. The van der Waals surface area contributed by atoms with Gasteiger partial charge in [-0.25, -0.2) is 0 Å². The minimum Gasteiger partial charge on any atom is -0.381 e. The van der Waals surface area contributed by atoms with Gasteiger partial charge in [0.15, 0.2) is 4.77 Å². The summed E-state index contributed by atoms with van der Waals surface area (Å²) in [5, 5.41) is 0. The molecule has 0 spiro atoms. The zero-order valence-corrected chi connectivity index (χ0v) is 9.43. The van der Waals surface area contributed by atoms with Crippen molar-refractivity contribution in [1.29, 1.82) is 0 Å². The zero-order valence-electron chi connectivity index (χ0n) is 8.62. The van der Waals surface area contributed by atoms with Crippen LogP contribution in [0.15, 0.2) is 6.20 Å². The number of nitrogens with one attached hydrogen (secondary N) is 1. The normalized spacial score (nSPS) is 24.0. The van der Waals surface area contributed by atoms with Crippen molar-refractivity contribution in [3.05, 3.63) is 16.7 Å². The van der Waals surface area contributed by atoms with E-state index in [1.54, 1.807) is 0 Å². The number of rotatable bonds is 2. The van der Waals surface area contributed by atoms with E-state index in [-0.39, 0.29) is 0 Å². The number of ether oxygens (including phenoxy) is 1. The van der Waals surface area contributed by atoms with Crippen molar-refractivity contribution in [3.8, 4) is 0 Å². The van der Waals surface area contributed by atoms with Crippen LogP contribution >= 0.6 is 12.2 Å². The van der Waals surface area contributed by atoms with Crippen LogP contribution < -0.4 is 0 Å². The molecule has 78 valence electrons. The van der Waals surface area contributed by atoms with Crippen molar-refractivity contribution in [1.82, 2.24) is 9.55 Å². The second-order valence-corrected chi connectivity index (χ2v) is 4.36. The summed E-state index contributed by atoms with van der Waals surface area (Å²) >= 11 is 5.25. The first-order valence-electron chi connectivity index (χ1n) is 5.04. The molecule has 3 nitrogen and oxygen atoms in total. The first kappa shape index (κ1) is 9.93. The first-order chi connectivity index (χ1) is 6.70. The molecule has 0 aliphatic carbocycles. The quantitative estimate of drug-likeness (QED) is 0.763. The van der Waals surface area contributed by atoms with Crippen LogP contribution in [-0.2, 0) is 4.74 Å². The Morgan fingerprint density at radius 2 is 2.50 bits per heavy atom. The van der Waals surface area contributed by atoms with Gasteiger partial charge in [-0.3, -0.25) is 0 Å². The van der Waals surface area contributed by atoms with Crippen LogP contribution in [0.2, 0.25) is 0 Å². The van der Waals surface area contributed by atoms with E-state index in [1.807, 2.05) is 6.20 Å². The topological polar surface area (TPSA) is 29.9 Å². The van der Waals surface area contributed by atoms with E-state index in [4.69, 9.17) is 17.0 Å². The van der Waals surface area contributed by atoms with Gasteiger partial charge in [-0.05, 0) is 32.5 Å². The Morgan fingerprint density at radius 1 is 1.71 bits per heavy atom. The van der Waals surface area contributed by atoms with Gasteiger partial charge >= 0.3 is 0 Å². The van der Waals surface area contributed by atoms with Crippen molar-refractivity contribution in [3.63, 3.8) is 0 Å². The molecule has 1 fully saturated rings. The van der Waals surface area contributed by atoms with E-state index in [0.717, 1.165) is 24.4 Å². The Balaban J connectivity index is 2.25. The molecule has 0 bridgehead atoms. The molecule has 0 saturated carbocycles. The Bertz CT molecular complexity index is 362. The van der Waals surface area contributed by atoms with Crippen molar-refractivity contribution in [2.45, 2.75) is 26.3 Å². The summed E-state index contributed by atoms with van der Waals surface area (Å²) in [5.41, 5.74) is 1.20. The molecule has 0 aromatic carbocycles. The highest BCUT2D eigenvalue weighted by molar-refractivity contribution is 7.71. The molecular formula is C10H16N2OS. The van der Waals surface area contributed by atoms with E-state index in [9.17, 15) is 0 Å². The number of H-pyrrole nitrogens is 1. The highest BCUT2D eigenvalue weighted by atomic mass is 32.1. The van der Waals surface area contributed by atoms with Gasteiger partial charge in [-0.15, -0.1) is 0 Å². The summed E-state index contributed by atoms with van der Waals surface area (Å²) in [6.07, 6.45) is 3.11. The van der Waals surface area contributed by atoms with E-state index in [0.29, 0.717) is 12.0 Å². The SMILES string of the molecule is Cc1c[nH]c(=S)n1C(C)C1CCOC1. The molecule has 2 heterocycles. The lowest BCUT2D eigenvalue weighted by atomic mass is 10.0. The standard InChI is InChI=1S/C10H16N2OS/c1-7-5-11-10(14)12(7)8(2)9-3-4-13-6-9/h5,8-9H,3-4,6H2,1-2H3,(H,11,14). The second kappa shape index (κ2) is 3.87. The summed E-state index contributed by atoms with van der Waals surface area (Å²) in [6, 6.07) is 0.441. The smallest absolute Gasteiger partial charge is 0.177 e. The summed E-state index contributed by atoms with van der Waals surface area (Å²) in [6.45, 7) is 6.06. The molecule has 1 aromatic rings. The van der Waals surface area contributed by atoms with E-state index < -0.39 is 0 Å². The minimum absolute atomic E-state index is 0.441. The van der Waals surface area contributed by atoms with Gasteiger partial charge in [-0.1, -0.05) is 0 Å². The molecule has 2 rings (SSSR count). The largest absolute Gasteiger partial charge is 0.381 e. The molecule has 1 aromatic heterocycles. The molecule has 0 amide bonds. The fourth-order valence-electron chi connectivity index (χ4n) is 2.12. The minimum atomic E-state index is 0.441. The first-order valence-corrected chi connectivity index (χ1v) is 5.45. The van der Waals surface area contributed by atoms with Crippen LogP contribution in [0, 0.1) is 17.6 Å². The van der Waals surface area contributed by atoms with E-state index in [2.05, 4.69) is 23.4 Å². The van der Waals surface area contributed by atoms with Gasteiger partial charge in [0.25, 0.3) is 0 Å². The number of aromatic nitrogens is 2. The highest BCUT2D eigenvalue weighted by Gasteiger charge is 2.24. The van der Waals surface area contributed by atoms with Crippen LogP contribution in [0.25, 0.3) is 0 Å². The third kappa shape index (κ3) is 1.64. The predicted molar refractivity (Wildman–Crippen MR) is 58.0 cm³/mol. The van der Waals surface area contributed by atoms with Gasteiger partial charge in [0.2, 0.25) is 0 Å². The van der Waals surface area contributed by atoms with Gasteiger partial charge in [0.05, 0.1) is 6.61 Å². The number of hydrogen-bond acceptors (Lipinski definition) is 2. The Kier molecular flexibility index (Phi) is 2.74. The molecule has 1 aliphatic rings. The summed E-state index contributed by atoms with van der Waals surface area (Å²) in [5.74, 6) is 0.608. The fraction of sp³-hybridized carbons (Fsp3) is 0.700. The van der Waals surface area contributed by atoms with Gasteiger partial charge in [0, 0.05) is 30.5 Å². The highest BCUT2D eigenvalue weighted by Crippen LogP contribution is 2.27. The molecule has 1 saturated heterocycles. The van der Waals surface area contributed by atoms with Crippen molar-refractivity contribution in [2.75, 3.05) is 13.2 Å². The summed E-state index contributed by atoms with van der Waals surface area (Å²) < 4.78 is 8.41. The number of aromatic amines is 1. The average molecular weight is 212 g/mol. The predicted octanol–water partition coefficient (Wildman–Crippen LogP) is 2.45. The summed E-state index contributed by atoms with van der Waals surface area (Å²) in [4.78, 5) is 3.08. The molecule has 2 atom stereocenters. The Morgan fingerprint density at radius 3 is 3.00 bits per heavy atom. The monoisotopic (exact) mass is 212 g/mol. The van der Waals surface area contributed by atoms with E-state index in [1.165, 1.54) is 5.69 Å². The second-order valence-electron chi connectivity index (χ2n) is 3.97. The maximum Gasteiger partial charge on any atom is 0.177 e. The zero-order chi connectivity index (χ0) is 10.1. The lowest BCUT2D eigenvalue weighted by molar-refractivity contribution is 0.174. The van der Waals surface area contributed by atoms with Crippen molar-refractivity contribution < 1.29 is 4.74 Å². The van der Waals surface area contributed by atoms with Crippen molar-refractivity contribution in [2.24, 2.45) is 5.92 Å². The molecule has 4 heteroatoms. The van der Waals surface area contributed by atoms with E-state index >= 15 is 0 Å². The number of nitrogens with zero attached hydrogens (tertiary/aromatic N) is 1. The van der Waals surface area contributed by atoms with Crippen LogP contribution in [0.4, 0.5) is 0 Å². The molecule has 14 heavy (non-hydrogen) atoms. The Hall–Kier alpha value is -0.610. The lowest BCUT2D eigenvalue weighted by Crippen LogP contribution is -2.17. The Labute approximate surface area is 89.1 Å². The van der Waals surface area contributed by atoms with Crippen LogP contribution in [0.1, 0.15) is 25.1 Å². The van der Waals surface area contributed by atoms with Gasteiger partial charge in [0.1, 0.15) is 0 Å². The van der Waals surface area contributed by atoms with Crippen molar-refractivity contribution >= 4 is 12.2 Å². The maximum absolute atomic E-state index is 5.40. The van der Waals surface area contributed by atoms with Crippen LogP contribution in [0.5, 0.6) is 0 Å². The average Bonchev–Trinajstić information content (AvgIpc) is 2.75. The molecule has 0 radical (unpaired) electrons. The molecule has 1 aliphatic heterocycles. The lowest BCUT2D eigenvalue weighted by Gasteiger charge is -2.20. The summed E-state index contributed by atoms with van der Waals surface area (Å²) in [7, 11) is 0.